The Morgan fingerprint density at radius 1 is 1.28 bits per heavy atom. The van der Waals surface area contributed by atoms with Gasteiger partial charge >= 0.3 is 0 Å². The fourth-order valence-corrected chi connectivity index (χ4v) is 2.86. The van der Waals surface area contributed by atoms with Crippen LogP contribution in [0.15, 0.2) is 18.2 Å². The zero-order chi connectivity index (χ0) is 18.1. The quantitative estimate of drug-likeness (QED) is 0.678. The van der Waals surface area contributed by atoms with Crippen LogP contribution in [0.5, 0.6) is 11.5 Å². The first kappa shape index (κ1) is 19.5. The molecule has 0 spiro atoms. The summed E-state index contributed by atoms with van der Waals surface area (Å²) in [5, 5.41) is 6.16. The molecule has 0 aromatic heterocycles. The van der Waals surface area contributed by atoms with Crippen molar-refractivity contribution in [3.8, 4) is 11.5 Å². The van der Waals surface area contributed by atoms with Crippen molar-refractivity contribution in [1.29, 1.82) is 0 Å². The highest BCUT2D eigenvalue weighted by molar-refractivity contribution is 5.78. The van der Waals surface area contributed by atoms with Crippen molar-refractivity contribution in [2.45, 2.75) is 45.8 Å². The van der Waals surface area contributed by atoms with Gasteiger partial charge in [-0.2, -0.15) is 0 Å². The minimum Gasteiger partial charge on any atom is -0.490 e. The lowest BCUT2D eigenvalue weighted by Gasteiger charge is -2.18. The van der Waals surface area contributed by atoms with E-state index in [1.165, 1.54) is 0 Å². The molecule has 6 nitrogen and oxygen atoms in total. The number of ether oxygens (including phenoxy) is 3. The lowest BCUT2D eigenvalue weighted by molar-refractivity contribution is -0.120. The monoisotopic (exact) mass is 350 g/mol. The van der Waals surface area contributed by atoms with Gasteiger partial charge in [0, 0.05) is 13.2 Å². The van der Waals surface area contributed by atoms with Crippen LogP contribution in [0.1, 0.15) is 45.2 Å². The van der Waals surface area contributed by atoms with Gasteiger partial charge in [-0.1, -0.05) is 6.07 Å². The highest BCUT2D eigenvalue weighted by Crippen LogP contribution is 2.30. The molecule has 140 valence electrons. The van der Waals surface area contributed by atoms with E-state index < -0.39 is 0 Å². The van der Waals surface area contributed by atoms with Gasteiger partial charge < -0.3 is 24.8 Å². The molecule has 1 heterocycles. The molecule has 2 unspecified atom stereocenters. The lowest BCUT2D eigenvalue weighted by atomic mass is 10.1. The molecule has 2 rings (SSSR count). The van der Waals surface area contributed by atoms with Crippen LogP contribution in [-0.2, 0) is 9.53 Å². The maximum atomic E-state index is 12.1. The van der Waals surface area contributed by atoms with E-state index >= 15 is 0 Å². The minimum absolute atomic E-state index is 0.0302. The topological polar surface area (TPSA) is 68.8 Å². The zero-order valence-electron chi connectivity index (χ0n) is 15.5. The summed E-state index contributed by atoms with van der Waals surface area (Å²) < 4.78 is 16.7. The number of hydrogen-bond acceptors (Lipinski definition) is 5. The van der Waals surface area contributed by atoms with Gasteiger partial charge in [-0.05, 0) is 51.3 Å². The number of benzene rings is 1. The minimum atomic E-state index is -0.105. The average Bonchev–Trinajstić information content (AvgIpc) is 3.10. The molecular formula is C19H30N2O4. The summed E-state index contributed by atoms with van der Waals surface area (Å²) in [6, 6.07) is 5.67. The molecule has 2 N–H and O–H groups in total. The molecule has 0 aliphatic carbocycles. The maximum absolute atomic E-state index is 12.1. The van der Waals surface area contributed by atoms with Crippen molar-refractivity contribution in [3.05, 3.63) is 23.8 Å². The van der Waals surface area contributed by atoms with E-state index in [1.807, 2.05) is 39.0 Å². The second-order valence-corrected chi connectivity index (χ2v) is 6.13. The molecule has 0 bridgehead atoms. The van der Waals surface area contributed by atoms with Crippen LogP contribution in [0.2, 0.25) is 0 Å². The van der Waals surface area contributed by atoms with Crippen LogP contribution in [-0.4, -0.2) is 44.9 Å². The van der Waals surface area contributed by atoms with Gasteiger partial charge in [0.05, 0.1) is 31.9 Å². The number of carbonyl (C=O) groups is 1. The molecule has 1 aromatic carbocycles. The highest BCUT2D eigenvalue weighted by atomic mass is 16.5. The second-order valence-electron chi connectivity index (χ2n) is 6.13. The van der Waals surface area contributed by atoms with Gasteiger partial charge in [0.2, 0.25) is 5.91 Å². The van der Waals surface area contributed by atoms with Crippen molar-refractivity contribution < 1.29 is 19.0 Å². The summed E-state index contributed by atoms with van der Waals surface area (Å²) in [4.78, 5) is 12.1. The van der Waals surface area contributed by atoms with Gasteiger partial charge in [0.25, 0.3) is 0 Å². The Bertz CT molecular complexity index is 544. The molecule has 6 heteroatoms. The van der Waals surface area contributed by atoms with Crippen LogP contribution >= 0.6 is 0 Å². The zero-order valence-corrected chi connectivity index (χ0v) is 15.5. The Balaban J connectivity index is 1.84. The average molecular weight is 350 g/mol. The standard InChI is InChI=1S/C19H30N2O4/c1-4-23-17-9-8-15(11-18(17)24-5-2)14(3)21-19(22)13-20-12-16-7-6-10-25-16/h8-9,11,14,16,20H,4-7,10,12-13H2,1-3H3,(H,21,22). The highest BCUT2D eigenvalue weighted by Gasteiger charge is 2.16. The summed E-state index contributed by atoms with van der Waals surface area (Å²) in [5.74, 6) is 1.40. The SMILES string of the molecule is CCOc1ccc(C(C)NC(=O)CNCC2CCCO2)cc1OCC. The number of amides is 1. The molecule has 25 heavy (non-hydrogen) atoms. The summed E-state index contributed by atoms with van der Waals surface area (Å²) in [6.07, 6.45) is 2.41. The maximum Gasteiger partial charge on any atom is 0.234 e. The fourth-order valence-electron chi connectivity index (χ4n) is 2.86. The van der Waals surface area contributed by atoms with E-state index in [-0.39, 0.29) is 18.1 Å². The van der Waals surface area contributed by atoms with E-state index in [4.69, 9.17) is 14.2 Å². The van der Waals surface area contributed by atoms with Crippen molar-refractivity contribution in [1.82, 2.24) is 10.6 Å². The molecule has 0 saturated carbocycles. The molecule has 1 aliphatic heterocycles. The van der Waals surface area contributed by atoms with Crippen LogP contribution in [0.4, 0.5) is 0 Å². The first-order valence-electron chi connectivity index (χ1n) is 9.15. The third kappa shape index (κ3) is 6.21. The predicted octanol–water partition coefficient (Wildman–Crippen LogP) is 2.43. The van der Waals surface area contributed by atoms with Crippen molar-refractivity contribution in [3.63, 3.8) is 0 Å². The smallest absolute Gasteiger partial charge is 0.234 e. The summed E-state index contributed by atoms with van der Waals surface area (Å²) >= 11 is 0. The third-order valence-electron chi connectivity index (χ3n) is 4.13. The van der Waals surface area contributed by atoms with Gasteiger partial charge in [-0.25, -0.2) is 0 Å². The van der Waals surface area contributed by atoms with Crippen LogP contribution in [0.25, 0.3) is 0 Å². The van der Waals surface area contributed by atoms with E-state index in [9.17, 15) is 4.79 Å². The first-order chi connectivity index (χ1) is 12.1. The predicted molar refractivity (Wildman–Crippen MR) is 97.2 cm³/mol. The normalized spacial score (nSPS) is 18.0. The van der Waals surface area contributed by atoms with Gasteiger partial charge in [0.1, 0.15) is 0 Å². The Morgan fingerprint density at radius 2 is 2.04 bits per heavy atom. The molecular weight excluding hydrogens is 320 g/mol. The van der Waals surface area contributed by atoms with E-state index in [2.05, 4.69) is 10.6 Å². The van der Waals surface area contributed by atoms with Crippen LogP contribution < -0.4 is 20.1 Å². The summed E-state index contributed by atoms with van der Waals surface area (Å²) in [5.41, 5.74) is 0.986. The third-order valence-corrected chi connectivity index (χ3v) is 4.13. The number of carbonyl (C=O) groups excluding carboxylic acids is 1. The van der Waals surface area contributed by atoms with Crippen LogP contribution in [0.3, 0.4) is 0 Å². The molecule has 1 fully saturated rings. The van der Waals surface area contributed by atoms with Crippen molar-refractivity contribution >= 4 is 5.91 Å². The van der Waals surface area contributed by atoms with Gasteiger partial charge in [-0.3, -0.25) is 4.79 Å². The largest absolute Gasteiger partial charge is 0.490 e. The Kier molecular flexibility index (Phi) is 8.01. The Hall–Kier alpha value is -1.79. The number of rotatable bonds is 10. The fraction of sp³-hybridized carbons (Fsp3) is 0.632. The number of nitrogens with one attached hydrogen (secondary N) is 2. The van der Waals surface area contributed by atoms with Crippen molar-refractivity contribution in [2.75, 3.05) is 32.9 Å². The lowest BCUT2D eigenvalue weighted by Crippen LogP contribution is -2.38. The van der Waals surface area contributed by atoms with E-state index in [0.29, 0.717) is 25.5 Å². The first-order valence-corrected chi connectivity index (χ1v) is 9.15. The molecule has 0 radical (unpaired) electrons. The van der Waals surface area contributed by atoms with E-state index in [1.54, 1.807) is 0 Å². The Labute approximate surface area is 150 Å². The van der Waals surface area contributed by atoms with Gasteiger partial charge in [-0.15, -0.1) is 0 Å². The molecule has 1 saturated heterocycles. The molecule has 1 amide bonds. The number of hydrogen-bond donors (Lipinski definition) is 2. The molecule has 1 aromatic rings. The summed E-state index contributed by atoms with van der Waals surface area (Å²) in [7, 11) is 0. The van der Waals surface area contributed by atoms with Crippen molar-refractivity contribution in [2.24, 2.45) is 0 Å². The molecule has 1 aliphatic rings. The summed E-state index contributed by atoms with van der Waals surface area (Å²) in [6.45, 7) is 8.83. The van der Waals surface area contributed by atoms with Crippen LogP contribution in [0, 0.1) is 0 Å². The molecule has 2 atom stereocenters. The Morgan fingerprint density at radius 3 is 2.72 bits per heavy atom. The second kappa shape index (κ2) is 10.3. The van der Waals surface area contributed by atoms with Gasteiger partial charge in [0.15, 0.2) is 11.5 Å². The van der Waals surface area contributed by atoms with E-state index in [0.717, 1.165) is 37.3 Å².